The number of amides is 2. The maximum Gasteiger partial charge on any atom is 0.323 e. The number of carboxylic acid groups (broad SMARTS) is 1. The number of halogens is 1. The zero-order valence-corrected chi connectivity index (χ0v) is 16.9. The molecule has 27 heavy (non-hydrogen) atoms. The summed E-state index contributed by atoms with van der Waals surface area (Å²) in [6, 6.07) is 15.1. The number of hydrogen-bond acceptors (Lipinski definition) is 5. The van der Waals surface area contributed by atoms with Crippen LogP contribution in [0.15, 0.2) is 53.4 Å². The minimum absolute atomic E-state index is 0.173. The van der Waals surface area contributed by atoms with Crippen molar-refractivity contribution in [2.75, 3.05) is 6.54 Å². The molecule has 2 aromatic rings. The third kappa shape index (κ3) is 4.89. The fourth-order valence-corrected chi connectivity index (χ4v) is 3.57. The van der Waals surface area contributed by atoms with E-state index in [0.717, 1.165) is 20.9 Å². The average molecular weight is 495 g/mol. The van der Waals surface area contributed by atoms with Crippen LogP contribution in [0.2, 0.25) is 0 Å². The predicted molar refractivity (Wildman–Crippen MR) is 110 cm³/mol. The molecule has 3 rings (SSSR count). The molecule has 0 unspecified atom stereocenters. The molecule has 2 amide bonds. The molecule has 1 aliphatic rings. The van der Waals surface area contributed by atoms with Crippen LogP contribution in [-0.2, 0) is 16.2 Å². The summed E-state index contributed by atoms with van der Waals surface area (Å²) < 4.78 is 7.00. The molecule has 0 radical (unpaired) electrons. The van der Waals surface area contributed by atoms with Crippen LogP contribution in [0.3, 0.4) is 0 Å². The molecule has 1 heterocycles. The number of thioether (sulfide) groups is 1. The van der Waals surface area contributed by atoms with Gasteiger partial charge in [0, 0.05) is 9.13 Å². The van der Waals surface area contributed by atoms with E-state index in [4.69, 9.17) is 9.84 Å². The molecule has 6 nitrogen and oxygen atoms in total. The average Bonchev–Trinajstić information content (AvgIpc) is 2.89. The van der Waals surface area contributed by atoms with Crippen molar-refractivity contribution >= 4 is 57.5 Å². The maximum absolute atomic E-state index is 12.3. The third-order valence-corrected chi connectivity index (χ3v) is 5.31. The van der Waals surface area contributed by atoms with Crippen molar-refractivity contribution in [2.45, 2.75) is 6.61 Å². The van der Waals surface area contributed by atoms with Gasteiger partial charge in [-0.3, -0.25) is 19.3 Å². The second kappa shape index (κ2) is 8.57. The summed E-state index contributed by atoms with van der Waals surface area (Å²) in [6.45, 7) is -0.283. The number of rotatable bonds is 6. The van der Waals surface area contributed by atoms with Gasteiger partial charge < -0.3 is 9.84 Å². The topological polar surface area (TPSA) is 83.9 Å². The summed E-state index contributed by atoms with van der Waals surface area (Å²) in [6.07, 6.45) is 1.55. The van der Waals surface area contributed by atoms with Gasteiger partial charge in [0.05, 0.1) is 4.91 Å². The monoisotopic (exact) mass is 495 g/mol. The van der Waals surface area contributed by atoms with Crippen LogP contribution >= 0.6 is 34.4 Å². The van der Waals surface area contributed by atoms with E-state index in [2.05, 4.69) is 22.6 Å². The van der Waals surface area contributed by atoms with Gasteiger partial charge in [-0.05, 0) is 64.2 Å². The quantitative estimate of drug-likeness (QED) is 0.482. The van der Waals surface area contributed by atoms with Crippen LogP contribution in [0.5, 0.6) is 5.75 Å². The normalized spacial score (nSPS) is 15.4. The summed E-state index contributed by atoms with van der Waals surface area (Å²) in [7, 11) is 0. The molecule has 2 aromatic carbocycles. The van der Waals surface area contributed by atoms with Crippen molar-refractivity contribution in [3.8, 4) is 5.75 Å². The Morgan fingerprint density at radius 1 is 1.15 bits per heavy atom. The van der Waals surface area contributed by atoms with Crippen LogP contribution in [0, 0.1) is 3.57 Å². The van der Waals surface area contributed by atoms with Crippen molar-refractivity contribution in [1.82, 2.24) is 4.90 Å². The molecule has 0 atom stereocenters. The van der Waals surface area contributed by atoms with Gasteiger partial charge in [0.2, 0.25) is 0 Å². The number of benzene rings is 2. The highest BCUT2D eigenvalue weighted by Crippen LogP contribution is 2.34. The maximum atomic E-state index is 12.3. The standard InChI is InChI=1S/C19H14INO5S/c20-14-7-5-12(6-8-14)11-26-15-4-2-1-3-13(15)9-16-18(24)21(10-17(22)23)19(25)27-16/h1-9H,10-11H2,(H,22,23)/b16-9+. The second-order valence-corrected chi connectivity index (χ2v) is 7.85. The summed E-state index contributed by atoms with van der Waals surface area (Å²) >= 11 is 2.95. The van der Waals surface area contributed by atoms with Crippen LogP contribution in [-0.4, -0.2) is 33.7 Å². The van der Waals surface area contributed by atoms with Crippen LogP contribution in [0.1, 0.15) is 11.1 Å². The summed E-state index contributed by atoms with van der Waals surface area (Å²) in [5.41, 5.74) is 1.65. The molecule has 1 aliphatic heterocycles. The molecule has 8 heteroatoms. The zero-order chi connectivity index (χ0) is 19.4. The molecule has 0 bridgehead atoms. The van der Waals surface area contributed by atoms with E-state index in [0.29, 0.717) is 22.8 Å². The Bertz CT molecular complexity index is 926. The lowest BCUT2D eigenvalue weighted by atomic mass is 10.1. The summed E-state index contributed by atoms with van der Waals surface area (Å²) in [5, 5.41) is 8.24. The second-order valence-electron chi connectivity index (χ2n) is 5.61. The Morgan fingerprint density at radius 2 is 1.85 bits per heavy atom. The molecule has 138 valence electrons. The molecule has 0 saturated carbocycles. The third-order valence-electron chi connectivity index (χ3n) is 3.68. The Kier molecular flexibility index (Phi) is 6.17. The molecule has 1 saturated heterocycles. The lowest BCUT2D eigenvalue weighted by Crippen LogP contribution is -2.33. The first-order valence-corrected chi connectivity index (χ1v) is 9.77. The van der Waals surface area contributed by atoms with Gasteiger partial charge in [0.25, 0.3) is 11.1 Å². The van der Waals surface area contributed by atoms with Gasteiger partial charge >= 0.3 is 5.97 Å². The smallest absolute Gasteiger partial charge is 0.323 e. The van der Waals surface area contributed by atoms with E-state index in [1.807, 2.05) is 30.3 Å². The summed E-state index contributed by atoms with van der Waals surface area (Å²) in [5.74, 6) is -1.28. The number of ether oxygens (including phenoxy) is 1. The minimum Gasteiger partial charge on any atom is -0.488 e. The molecule has 1 N–H and O–H groups in total. The van der Waals surface area contributed by atoms with E-state index >= 15 is 0 Å². The van der Waals surface area contributed by atoms with Crippen LogP contribution < -0.4 is 4.74 Å². The number of aliphatic carboxylic acids is 1. The molecule has 0 spiro atoms. The summed E-state index contributed by atoms with van der Waals surface area (Å²) in [4.78, 5) is 35.9. The van der Waals surface area contributed by atoms with Gasteiger partial charge in [-0.25, -0.2) is 0 Å². The number of carbonyl (C=O) groups is 3. The highest BCUT2D eigenvalue weighted by Gasteiger charge is 2.36. The number of imide groups is 1. The van der Waals surface area contributed by atoms with Crippen molar-refractivity contribution in [3.05, 3.63) is 68.1 Å². The van der Waals surface area contributed by atoms with Gasteiger partial charge in [0.1, 0.15) is 18.9 Å². The first-order chi connectivity index (χ1) is 12.9. The first kappa shape index (κ1) is 19.4. The fraction of sp³-hybridized carbons (Fsp3) is 0.105. The molecule has 0 aromatic heterocycles. The predicted octanol–water partition coefficient (Wildman–Crippen LogP) is 3.99. The molecular weight excluding hydrogens is 481 g/mol. The van der Waals surface area contributed by atoms with E-state index in [1.165, 1.54) is 0 Å². The van der Waals surface area contributed by atoms with Crippen LogP contribution in [0.4, 0.5) is 4.79 Å². The Labute approximate surface area is 173 Å². The minimum atomic E-state index is -1.24. The van der Waals surface area contributed by atoms with E-state index in [-0.39, 0.29) is 4.91 Å². The van der Waals surface area contributed by atoms with Gasteiger partial charge in [-0.1, -0.05) is 30.3 Å². The zero-order valence-electron chi connectivity index (χ0n) is 13.9. The Morgan fingerprint density at radius 3 is 2.56 bits per heavy atom. The SMILES string of the molecule is O=C(O)CN1C(=O)S/C(=C/c2ccccc2OCc2ccc(I)cc2)C1=O. The lowest BCUT2D eigenvalue weighted by Gasteiger charge is -2.10. The fourth-order valence-electron chi connectivity index (χ4n) is 2.39. The number of nitrogens with zero attached hydrogens (tertiary/aromatic N) is 1. The number of carboxylic acids is 1. The highest BCUT2D eigenvalue weighted by molar-refractivity contribution is 14.1. The first-order valence-electron chi connectivity index (χ1n) is 7.87. The largest absolute Gasteiger partial charge is 0.488 e. The number of carbonyl (C=O) groups excluding carboxylic acids is 2. The highest BCUT2D eigenvalue weighted by atomic mass is 127. The Balaban J connectivity index is 1.78. The van der Waals surface area contributed by atoms with E-state index in [1.54, 1.807) is 24.3 Å². The van der Waals surface area contributed by atoms with Gasteiger partial charge in [0.15, 0.2) is 0 Å². The number of para-hydroxylation sites is 1. The lowest BCUT2D eigenvalue weighted by molar-refractivity contribution is -0.140. The van der Waals surface area contributed by atoms with Gasteiger partial charge in [-0.2, -0.15) is 0 Å². The van der Waals surface area contributed by atoms with Crippen molar-refractivity contribution in [1.29, 1.82) is 0 Å². The van der Waals surface area contributed by atoms with E-state index < -0.39 is 23.7 Å². The van der Waals surface area contributed by atoms with E-state index in [9.17, 15) is 14.4 Å². The van der Waals surface area contributed by atoms with Crippen molar-refractivity contribution < 1.29 is 24.2 Å². The van der Waals surface area contributed by atoms with Crippen molar-refractivity contribution in [2.24, 2.45) is 0 Å². The Hall–Kier alpha value is -2.33. The molecule has 1 fully saturated rings. The van der Waals surface area contributed by atoms with Crippen LogP contribution in [0.25, 0.3) is 6.08 Å². The molecule has 0 aliphatic carbocycles. The molecular formula is C19H14INO5S. The number of hydrogen-bond donors (Lipinski definition) is 1. The van der Waals surface area contributed by atoms with Gasteiger partial charge in [-0.15, -0.1) is 0 Å². The van der Waals surface area contributed by atoms with Crippen molar-refractivity contribution in [3.63, 3.8) is 0 Å².